The molecule has 0 aromatic heterocycles. The van der Waals surface area contributed by atoms with Gasteiger partial charge in [-0.15, -0.1) is 0 Å². The maximum atomic E-state index is 13.6. The Hall–Kier alpha value is -1.78. The van der Waals surface area contributed by atoms with Gasteiger partial charge in [0.1, 0.15) is 11.4 Å². The second-order valence-electron chi connectivity index (χ2n) is 6.82. The summed E-state index contributed by atoms with van der Waals surface area (Å²) in [5.41, 5.74) is 0.0688. The Bertz CT molecular complexity index is 506. The summed E-state index contributed by atoms with van der Waals surface area (Å²) in [4.78, 5) is 11.7. The summed E-state index contributed by atoms with van der Waals surface area (Å²) >= 11 is 0. The predicted octanol–water partition coefficient (Wildman–Crippen LogP) is 4.07. The first-order valence-electron chi connectivity index (χ1n) is 7.84. The van der Waals surface area contributed by atoms with Crippen LogP contribution in [0.15, 0.2) is 24.3 Å². The summed E-state index contributed by atoms with van der Waals surface area (Å²) in [5.74, 6) is -0.225. The van der Waals surface area contributed by atoms with Crippen LogP contribution in [0.2, 0.25) is 0 Å². The number of benzene rings is 1. The number of nitrogens with one attached hydrogen (secondary N) is 2. The number of ether oxygens (including phenoxy) is 1. The molecule has 5 heteroatoms. The van der Waals surface area contributed by atoms with Crippen LogP contribution in [0.5, 0.6) is 0 Å². The summed E-state index contributed by atoms with van der Waals surface area (Å²) < 4.78 is 18.9. The molecule has 4 nitrogen and oxygen atoms in total. The summed E-state index contributed by atoms with van der Waals surface area (Å²) in [6, 6.07) is 7.09. The first-order valence-corrected chi connectivity index (χ1v) is 7.84. The van der Waals surface area contributed by atoms with Gasteiger partial charge in [-0.3, -0.25) is 0 Å². The van der Waals surface area contributed by atoms with Gasteiger partial charge in [0.25, 0.3) is 0 Å². The number of anilines is 1. The third-order valence-electron chi connectivity index (χ3n) is 3.68. The number of hydrogen-bond acceptors (Lipinski definition) is 3. The first-order chi connectivity index (χ1) is 10.3. The van der Waals surface area contributed by atoms with Crippen LogP contribution in [0.25, 0.3) is 0 Å². The summed E-state index contributed by atoms with van der Waals surface area (Å²) in [5, 5.41) is 6.15. The molecule has 1 fully saturated rings. The van der Waals surface area contributed by atoms with Crippen molar-refractivity contribution in [1.82, 2.24) is 5.32 Å². The molecule has 1 amide bonds. The highest BCUT2D eigenvalue weighted by atomic mass is 19.1. The Morgan fingerprint density at radius 2 is 1.73 bits per heavy atom. The molecule has 2 N–H and O–H groups in total. The van der Waals surface area contributed by atoms with Crippen LogP contribution in [0, 0.1) is 5.82 Å². The van der Waals surface area contributed by atoms with Gasteiger partial charge in [-0.05, 0) is 58.6 Å². The van der Waals surface area contributed by atoms with Gasteiger partial charge < -0.3 is 15.4 Å². The van der Waals surface area contributed by atoms with Crippen molar-refractivity contribution in [2.75, 3.05) is 5.32 Å². The number of hydrogen-bond donors (Lipinski definition) is 2. The highest BCUT2D eigenvalue weighted by molar-refractivity contribution is 5.68. The third-order valence-corrected chi connectivity index (χ3v) is 3.68. The Labute approximate surface area is 131 Å². The van der Waals surface area contributed by atoms with Crippen LogP contribution in [0.4, 0.5) is 14.9 Å². The van der Waals surface area contributed by atoms with Crippen LogP contribution in [-0.2, 0) is 4.74 Å². The van der Waals surface area contributed by atoms with E-state index in [9.17, 15) is 9.18 Å². The molecule has 0 saturated heterocycles. The summed E-state index contributed by atoms with van der Waals surface area (Å²) in [6.45, 7) is 5.55. The van der Waals surface area contributed by atoms with E-state index in [4.69, 9.17) is 4.74 Å². The van der Waals surface area contributed by atoms with Crippen molar-refractivity contribution in [2.45, 2.75) is 64.1 Å². The van der Waals surface area contributed by atoms with Crippen molar-refractivity contribution in [1.29, 1.82) is 0 Å². The Kier molecular flexibility index (Phi) is 5.27. The van der Waals surface area contributed by atoms with Gasteiger partial charge in [0, 0.05) is 12.1 Å². The summed E-state index contributed by atoms with van der Waals surface area (Å²) in [7, 11) is 0. The minimum absolute atomic E-state index is 0.133. The number of carbonyl (C=O) groups excluding carboxylic acids is 1. The Morgan fingerprint density at radius 1 is 1.14 bits per heavy atom. The fourth-order valence-corrected chi connectivity index (χ4v) is 2.65. The van der Waals surface area contributed by atoms with Gasteiger partial charge in [0.15, 0.2) is 0 Å². The summed E-state index contributed by atoms with van der Waals surface area (Å²) in [6.07, 6.45) is 3.17. The van der Waals surface area contributed by atoms with E-state index in [1.165, 1.54) is 6.07 Å². The highest BCUT2D eigenvalue weighted by Crippen LogP contribution is 2.24. The van der Waals surface area contributed by atoms with Crippen molar-refractivity contribution >= 4 is 11.8 Å². The fourth-order valence-electron chi connectivity index (χ4n) is 2.65. The van der Waals surface area contributed by atoms with Crippen molar-refractivity contribution in [3.8, 4) is 0 Å². The Balaban J connectivity index is 1.76. The smallest absolute Gasteiger partial charge is 0.407 e. The van der Waals surface area contributed by atoms with E-state index in [-0.39, 0.29) is 24.0 Å². The Morgan fingerprint density at radius 3 is 2.32 bits per heavy atom. The fraction of sp³-hybridized carbons (Fsp3) is 0.588. The van der Waals surface area contributed by atoms with Crippen molar-refractivity contribution in [3.63, 3.8) is 0 Å². The molecule has 1 saturated carbocycles. The molecule has 1 aliphatic carbocycles. The number of amides is 1. The topological polar surface area (TPSA) is 50.4 Å². The van der Waals surface area contributed by atoms with Gasteiger partial charge in [-0.25, -0.2) is 9.18 Å². The van der Waals surface area contributed by atoms with E-state index in [1.807, 2.05) is 26.8 Å². The van der Waals surface area contributed by atoms with Crippen LogP contribution in [-0.4, -0.2) is 23.8 Å². The lowest BCUT2D eigenvalue weighted by molar-refractivity contribution is 0.0492. The number of halogens is 1. The number of rotatable bonds is 3. The lowest BCUT2D eigenvalue weighted by atomic mass is 9.91. The normalized spacial score (nSPS) is 22.0. The maximum absolute atomic E-state index is 13.6. The van der Waals surface area contributed by atoms with E-state index >= 15 is 0 Å². The van der Waals surface area contributed by atoms with Gasteiger partial charge in [-0.1, -0.05) is 12.1 Å². The molecule has 1 aliphatic rings. The molecule has 0 radical (unpaired) electrons. The number of alkyl carbamates (subject to hydrolysis) is 1. The molecular formula is C17H25FN2O2. The predicted molar refractivity (Wildman–Crippen MR) is 85.4 cm³/mol. The van der Waals surface area contributed by atoms with Crippen LogP contribution >= 0.6 is 0 Å². The van der Waals surface area contributed by atoms with Crippen LogP contribution in [0.3, 0.4) is 0 Å². The van der Waals surface area contributed by atoms with Gasteiger partial charge in [0.2, 0.25) is 0 Å². The van der Waals surface area contributed by atoms with E-state index in [0.29, 0.717) is 5.69 Å². The molecule has 22 heavy (non-hydrogen) atoms. The molecule has 122 valence electrons. The van der Waals surface area contributed by atoms with Crippen LogP contribution in [0.1, 0.15) is 46.5 Å². The third kappa shape index (κ3) is 5.20. The zero-order valence-corrected chi connectivity index (χ0v) is 13.5. The average Bonchev–Trinajstić information content (AvgIpc) is 2.41. The second-order valence-corrected chi connectivity index (χ2v) is 6.82. The molecule has 1 aromatic carbocycles. The maximum Gasteiger partial charge on any atom is 0.407 e. The quantitative estimate of drug-likeness (QED) is 0.885. The lowest BCUT2D eigenvalue weighted by Crippen LogP contribution is -2.42. The van der Waals surface area contributed by atoms with Crippen molar-refractivity contribution < 1.29 is 13.9 Å². The molecule has 0 aliphatic heterocycles. The van der Waals surface area contributed by atoms with E-state index in [1.54, 1.807) is 12.1 Å². The minimum Gasteiger partial charge on any atom is -0.444 e. The van der Waals surface area contributed by atoms with Gasteiger partial charge >= 0.3 is 6.09 Å². The lowest BCUT2D eigenvalue weighted by Gasteiger charge is -2.31. The van der Waals surface area contributed by atoms with Gasteiger partial charge in [0.05, 0.1) is 5.69 Å². The van der Waals surface area contributed by atoms with E-state index < -0.39 is 5.60 Å². The number of para-hydroxylation sites is 1. The monoisotopic (exact) mass is 308 g/mol. The molecule has 0 heterocycles. The molecule has 0 atom stereocenters. The number of carbonyl (C=O) groups is 1. The largest absolute Gasteiger partial charge is 0.444 e. The van der Waals surface area contributed by atoms with Crippen molar-refractivity contribution in [2.24, 2.45) is 0 Å². The SMILES string of the molecule is CC(C)(C)OC(=O)NC1CCC(Nc2ccccc2F)CC1. The minimum atomic E-state index is -0.478. The van der Waals surface area contributed by atoms with Gasteiger partial charge in [-0.2, -0.15) is 0 Å². The zero-order chi connectivity index (χ0) is 16.2. The molecule has 0 unspecified atom stereocenters. The van der Waals surface area contributed by atoms with Crippen LogP contribution < -0.4 is 10.6 Å². The molecule has 2 rings (SSSR count). The first kappa shape index (κ1) is 16.6. The van der Waals surface area contributed by atoms with E-state index in [0.717, 1.165) is 25.7 Å². The average molecular weight is 308 g/mol. The standard InChI is InChI=1S/C17H25FN2O2/c1-17(2,3)22-16(21)20-13-10-8-12(9-11-13)19-15-7-5-4-6-14(15)18/h4-7,12-13,19H,8-11H2,1-3H3,(H,20,21). The highest BCUT2D eigenvalue weighted by Gasteiger charge is 2.25. The van der Waals surface area contributed by atoms with Crippen molar-refractivity contribution in [3.05, 3.63) is 30.1 Å². The van der Waals surface area contributed by atoms with E-state index in [2.05, 4.69) is 10.6 Å². The molecule has 0 bridgehead atoms. The molecule has 0 spiro atoms. The molecular weight excluding hydrogens is 283 g/mol. The second kappa shape index (κ2) is 6.99. The molecule has 1 aromatic rings. The zero-order valence-electron chi connectivity index (χ0n) is 13.5.